The van der Waals surface area contributed by atoms with Crippen molar-refractivity contribution in [2.24, 2.45) is 0 Å². The van der Waals surface area contributed by atoms with Crippen molar-refractivity contribution in [3.63, 3.8) is 0 Å². The van der Waals surface area contributed by atoms with Crippen LogP contribution in [-0.2, 0) is 0 Å². The van der Waals surface area contributed by atoms with Crippen LogP contribution in [0.4, 0.5) is 0 Å². The van der Waals surface area contributed by atoms with E-state index in [0.29, 0.717) is 6.17 Å². The van der Waals surface area contributed by atoms with E-state index in [9.17, 15) is 0 Å². The lowest BCUT2D eigenvalue weighted by molar-refractivity contribution is 0.410. The lowest BCUT2D eigenvalue weighted by Crippen LogP contribution is -2.41. The first-order valence-corrected chi connectivity index (χ1v) is 6.58. The molecule has 0 aromatic carbocycles. The van der Waals surface area contributed by atoms with E-state index in [1.165, 1.54) is 29.5 Å². The zero-order valence-corrected chi connectivity index (χ0v) is 11.3. The number of hydrogen-bond donors (Lipinski definition) is 2. The predicted molar refractivity (Wildman–Crippen MR) is 64.1 cm³/mol. The molecule has 0 fully saturated rings. The zero-order chi connectivity index (χ0) is 9.94. The maximum atomic E-state index is 3.43. The number of allylic oxidation sites excluding steroid dienone is 1. The number of nitrogens with one attached hydrogen (secondary N) is 2. The van der Waals surface area contributed by atoms with E-state index in [1.54, 1.807) is 0 Å². The molecule has 0 heterocycles. The minimum atomic E-state index is 0.512. The van der Waals surface area contributed by atoms with E-state index >= 15 is 0 Å². The van der Waals surface area contributed by atoms with Gasteiger partial charge >= 0.3 is 0 Å². The molecule has 0 rings (SSSR count). The molecule has 2 N–H and O–H groups in total. The van der Waals surface area contributed by atoms with Crippen LogP contribution in [0.5, 0.6) is 0 Å². The van der Waals surface area contributed by atoms with E-state index < -0.39 is 0 Å². The van der Waals surface area contributed by atoms with Gasteiger partial charge in [0.25, 0.3) is 0 Å². The highest BCUT2D eigenvalue weighted by Crippen LogP contribution is 1.99. The van der Waals surface area contributed by atoms with Crippen molar-refractivity contribution < 1.29 is 0 Å². The maximum Gasteiger partial charge on any atom is 0.0571 e. The summed E-state index contributed by atoms with van der Waals surface area (Å²) < 4.78 is 0. The SMILES string of the molecule is CCNC(CCCC=C[SiH3])NCC. The van der Waals surface area contributed by atoms with Crippen LogP contribution < -0.4 is 10.6 Å². The Labute approximate surface area is 85.6 Å². The second-order valence-corrected chi connectivity index (χ2v) is 3.83. The van der Waals surface area contributed by atoms with Gasteiger partial charge in [-0.3, -0.25) is 0 Å². The lowest BCUT2D eigenvalue weighted by atomic mass is 10.2. The molecule has 0 aliphatic rings. The highest BCUT2D eigenvalue weighted by atomic mass is 28.1. The first-order valence-electron chi connectivity index (χ1n) is 5.43. The van der Waals surface area contributed by atoms with Crippen molar-refractivity contribution in [3.8, 4) is 0 Å². The highest BCUT2D eigenvalue weighted by molar-refractivity contribution is 6.16. The molecule has 0 aliphatic carbocycles. The fraction of sp³-hybridized carbons (Fsp3) is 0.800. The Morgan fingerprint density at radius 2 is 1.85 bits per heavy atom. The van der Waals surface area contributed by atoms with Gasteiger partial charge in [-0.2, -0.15) is 0 Å². The van der Waals surface area contributed by atoms with Crippen molar-refractivity contribution >= 4 is 10.2 Å². The van der Waals surface area contributed by atoms with Crippen LogP contribution in [0.25, 0.3) is 0 Å². The number of unbranched alkanes of at least 4 members (excludes halogenated alkanes) is 1. The summed E-state index contributed by atoms with van der Waals surface area (Å²) in [7, 11) is 1.19. The summed E-state index contributed by atoms with van der Waals surface area (Å²) in [6.07, 6.45) is 6.55. The Bertz CT molecular complexity index is 120. The summed E-state index contributed by atoms with van der Waals surface area (Å²) in [6, 6.07) is 0. The summed E-state index contributed by atoms with van der Waals surface area (Å²) in [5, 5.41) is 6.87. The van der Waals surface area contributed by atoms with Crippen molar-refractivity contribution in [2.75, 3.05) is 13.1 Å². The van der Waals surface area contributed by atoms with Gasteiger partial charge in [-0.1, -0.05) is 19.9 Å². The van der Waals surface area contributed by atoms with Gasteiger partial charge in [0.2, 0.25) is 0 Å². The van der Waals surface area contributed by atoms with Crippen molar-refractivity contribution in [2.45, 2.75) is 39.3 Å². The average Bonchev–Trinajstić information content (AvgIpc) is 2.13. The lowest BCUT2D eigenvalue weighted by Gasteiger charge is -2.17. The quantitative estimate of drug-likeness (QED) is 0.340. The Hall–Kier alpha value is -0.123. The van der Waals surface area contributed by atoms with Gasteiger partial charge in [0.1, 0.15) is 0 Å². The molecule has 0 aliphatic heterocycles. The molecule has 0 aromatic rings. The molecule has 0 bridgehead atoms. The normalized spacial score (nSPS) is 11.9. The van der Waals surface area contributed by atoms with Crippen molar-refractivity contribution in [1.82, 2.24) is 10.6 Å². The van der Waals surface area contributed by atoms with Crippen LogP contribution in [0.2, 0.25) is 0 Å². The Morgan fingerprint density at radius 1 is 1.23 bits per heavy atom. The van der Waals surface area contributed by atoms with Crippen LogP contribution in [0.15, 0.2) is 11.8 Å². The minimum absolute atomic E-state index is 0.512. The molecule has 0 saturated carbocycles. The molecule has 0 atom stereocenters. The summed E-state index contributed by atoms with van der Waals surface area (Å²) in [6.45, 7) is 6.41. The fourth-order valence-corrected chi connectivity index (χ4v) is 1.71. The summed E-state index contributed by atoms with van der Waals surface area (Å²) >= 11 is 0. The van der Waals surface area contributed by atoms with Crippen molar-refractivity contribution in [1.29, 1.82) is 0 Å². The zero-order valence-electron chi connectivity index (χ0n) is 9.27. The van der Waals surface area contributed by atoms with Gasteiger partial charge in [0.15, 0.2) is 0 Å². The molecule has 0 spiro atoms. The maximum absolute atomic E-state index is 3.43. The van der Waals surface area contributed by atoms with E-state index in [2.05, 4.69) is 36.3 Å². The van der Waals surface area contributed by atoms with Gasteiger partial charge in [0, 0.05) is 10.2 Å². The van der Waals surface area contributed by atoms with Gasteiger partial charge in [-0.15, -0.1) is 5.70 Å². The van der Waals surface area contributed by atoms with Gasteiger partial charge in [-0.25, -0.2) is 0 Å². The second kappa shape index (κ2) is 9.96. The van der Waals surface area contributed by atoms with Gasteiger partial charge in [-0.05, 0) is 32.4 Å². The third-order valence-electron chi connectivity index (χ3n) is 2.00. The number of hydrogen-bond acceptors (Lipinski definition) is 2. The molecule has 0 aromatic heterocycles. The first kappa shape index (κ1) is 12.9. The third-order valence-corrected chi connectivity index (χ3v) is 2.47. The van der Waals surface area contributed by atoms with Crippen LogP contribution in [-0.4, -0.2) is 29.5 Å². The summed E-state index contributed by atoms with van der Waals surface area (Å²) in [4.78, 5) is 0. The van der Waals surface area contributed by atoms with E-state index in [1.807, 2.05) is 0 Å². The third kappa shape index (κ3) is 8.21. The standard InChI is InChI=1S/C10H24N2Si/c1-3-11-10(12-4-2)8-6-5-7-9-13/h7,9-12H,3-6,8H2,1-2,13H3. The smallest absolute Gasteiger partial charge is 0.0571 e. The van der Waals surface area contributed by atoms with Gasteiger partial charge < -0.3 is 10.6 Å². The fourth-order valence-electron chi connectivity index (χ4n) is 1.38. The highest BCUT2D eigenvalue weighted by Gasteiger charge is 2.02. The molecule has 0 unspecified atom stereocenters. The van der Waals surface area contributed by atoms with Gasteiger partial charge in [0.05, 0.1) is 6.17 Å². The molecule has 0 radical (unpaired) electrons. The molecule has 78 valence electrons. The average molecular weight is 200 g/mol. The van der Waals surface area contributed by atoms with Crippen LogP contribution in [0, 0.1) is 0 Å². The van der Waals surface area contributed by atoms with Crippen LogP contribution in [0.3, 0.4) is 0 Å². The topological polar surface area (TPSA) is 24.1 Å². The van der Waals surface area contributed by atoms with Crippen LogP contribution >= 0.6 is 0 Å². The molecule has 0 amide bonds. The first-order chi connectivity index (χ1) is 6.35. The van der Waals surface area contributed by atoms with E-state index in [0.717, 1.165) is 13.1 Å². The monoisotopic (exact) mass is 200 g/mol. The van der Waals surface area contributed by atoms with E-state index in [4.69, 9.17) is 0 Å². The van der Waals surface area contributed by atoms with Crippen LogP contribution in [0.1, 0.15) is 33.1 Å². The molecule has 0 saturated heterocycles. The molecule has 3 heteroatoms. The summed E-state index contributed by atoms with van der Waals surface area (Å²) in [5.41, 5.74) is 2.26. The van der Waals surface area contributed by atoms with E-state index in [-0.39, 0.29) is 0 Å². The molecule has 2 nitrogen and oxygen atoms in total. The largest absolute Gasteiger partial charge is 0.302 e. The predicted octanol–water partition coefficient (Wildman–Crippen LogP) is 0.581. The molecular weight excluding hydrogens is 176 g/mol. The Morgan fingerprint density at radius 3 is 2.31 bits per heavy atom. The molecular formula is C10H24N2Si. The number of rotatable bonds is 8. The Balaban J connectivity index is 3.43. The molecule has 13 heavy (non-hydrogen) atoms. The second-order valence-electron chi connectivity index (χ2n) is 3.17. The summed E-state index contributed by atoms with van der Waals surface area (Å²) in [5.74, 6) is 0. The minimum Gasteiger partial charge on any atom is -0.302 e. The van der Waals surface area contributed by atoms with Crippen molar-refractivity contribution in [3.05, 3.63) is 11.8 Å². The Kier molecular flexibility index (Phi) is 9.87.